The maximum Gasteiger partial charge on any atom is 0.0472 e. The van der Waals surface area contributed by atoms with E-state index in [9.17, 15) is 0 Å². The van der Waals surface area contributed by atoms with Crippen LogP contribution in [0.4, 0.5) is 0 Å². The molecule has 0 fully saturated rings. The molecule has 2 heteroatoms. The molecule has 0 saturated heterocycles. The van der Waals surface area contributed by atoms with Gasteiger partial charge in [0.2, 0.25) is 0 Å². The van der Waals surface area contributed by atoms with Gasteiger partial charge in [-0.1, -0.05) is 48.6 Å². The summed E-state index contributed by atoms with van der Waals surface area (Å²) in [4.78, 5) is 2.42. The van der Waals surface area contributed by atoms with Crippen molar-refractivity contribution in [2.24, 2.45) is 0 Å². The SMILES string of the molecule is C/C=C\CC(/C=C/N(Cc1ccccc1)C1=C(C)CNCC1)=C\C. The lowest BCUT2D eigenvalue weighted by molar-refractivity contribution is 0.416. The van der Waals surface area contributed by atoms with E-state index in [0.29, 0.717) is 0 Å². The van der Waals surface area contributed by atoms with Crippen molar-refractivity contribution in [2.45, 2.75) is 40.2 Å². The highest BCUT2D eigenvalue weighted by molar-refractivity contribution is 5.26. The smallest absolute Gasteiger partial charge is 0.0472 e. The lowest BCUT2D eigenvalue weighted by Gasteiger charge is -2.29. The molecule has 0 spiro atoms. The second kappa shape index (κ2) is 9.94. The third-order valence-corrected chi connectivity index (χ3v) is 4.39. The van der Waals surface area contributed by atoms with E-state index in [1.807, 2.05) is 0 Å². The average Bonchev–Trinajstić information content (AvgIpc) is 2.62. The first-order valence-electron chi connectivity index (χ1n) is 8.89. The van der Waals surface area contributed by atoms with Crippen LogP contribution in [0.3, 0.4) is 0 Å². The maximum atomic E-state index is 3.46. The van der Waals surface area contributed by atoms with Gasteiger partial charge in [0.25, 0.3) is 0 Å². The molecule has 0 saturated carbocycles. The fourth-order valence-electron chi connectivity index (χ4n) is 2.93. The number of nitrogens with zero attached hydrogens (tertiary/aromatic N) is 1. The minimum absolute atomic E-state index is 0.921. The first-order valence-corrected chi connectivity index (χ1v) is 8.89. The van der Waals surface area contributed by atoms with Crippen LogP contribution >= 0.6 is 0 Å². The molecule has 2 rings (SSSR count). The van der Waals surface area contributed by atoms with Crippen molar-refractivity contribution in [1.29, 1.82) is 0 Å². The van der Waals surface area contributed by atoms with Crippen LogP contribution in [0.25, 0.3) is 0 Å². The van der Waals surface area contributed by atoms with Crippen LogP contribution in [0.1, 0.15) is 39.2 Å². The van der Waals surface area contributed by atoms with E-state index in [-0.39, 0.29) is 0 Å². The highest BCUT2D eigenvalue weighted by atomic mass is 15.1. The number of nitrogens with one attached hydrogen (secondary N) is 1. The summed E-state index contributed by atoms with van der Waals surface area (Å²) in [7, 11) is 0. The van der Waals surface area contributed by atoms with Gasteiger partial charge in [-0.05, 0) is 50.0 Å². The first kappa shape index (κ1) is 18.3. The van der Waals surface area contributed by atoms with E-state index in [1.165, 1.54) is 22.4 Å². The van der Waals surface area contributed by atoms with Gasteiger partial charge in [0.1, 0.15) is 0 Å². The molecule has 0 unspecified atom stereocenters. The second-order valence-corrected chi connectivity index (χ2v) is 6.22. The fraction of sp³-hybridized carbons (Fsp3) is 0.364. The van der Waals surface area contributed by atoms with Crippen LogP contribution in [0.15, 0.2) is 77.7 Å². The highest BCUT2D eigenvalue weighted by Gasteiger charge is 2.14. The topological polar surface area (TPSA) is 15.3 Å². The molecular weight excluding hydrogens is 292 g/mol. The zero-order chi connectivity index (χ0) is 17.2. The number of benzene rings is 1. The molecule has 1 aromatic rings. The molecule has 1 N–H and O–H groups in total. The summed E-state index contributed by atoms with van der Waals surface area (Å²) in [6.07, 6.45) is 13.1. The van der Waals surface area contributed by atoms with Crippen molar-refractivity contribution in [2.75, 3.05) is 13.1 Å². The molecule has 1 aliphatic rings. The molecule has 0 aromatic heterocycles. The van der Waals surface area contributed by atoms with Gasteiger partial charge in [-0.3, -0.25) is 0 Å². The quantitative estimate of drug-likeness (QED) is 0.549. The van der Waals surface area contributed by atoms with Crippen molar-refractivity contribution in [3.63, 3.8) is 0 Å². The zero-order valence-electron chi connectivity index (χ0n) is 15.3. The Bertz CT molecular complexity index is 621. The van der Waals surface area contributed by atoms with Gasteiger partial charge in [0.05, 0.1) is 0 Å². The summed E-state index contributed by atoms with van der Waals surface area (Å²) >= 11 is 0. The maximum absolute atomic E-state index is 3.46. The molecule has 0 aliphatic carbocycles. The van der Waals surface area contributed by atoms with Crippen molar-refractivity contribution in [1.82, 2.24) is 10.2 Å². The lowest BCUT2D eigenvalue weighted by atomic mass is 10.1. The van der Waals surface area contributed by atoms with Crippen LogP contribution in [-0.4, -0.2) is 18.0 Å². The predicted octanol–water partition coefficient (Wildman–Crippen LogP) is 5.18. The summed E-state index contributed by atoms with van der Waals surface area (Å²) < 4.78 is 0. The molecular formula is C22H30N2. The van der Waals surface area contributed by atoms with Crippen molar-refractivity contribution < 1.29 is 0 Å². The summed E-state index contributed by atoms with van der Waals surface area (Å²) in [5.41, 5.74) is 5.59. The molecule has 2 nitrogen and oxygen atoms in total. The Balaban J connectivity index is 2.22. The lowest BCUT2D eigenvalue weighted by Crippen LogP contribution is -2.30. The molecule has 0 bridgehead atoms. The number of hydrogen-bond acceptors (Lipinski definition) is 2. The first-order chi connectivity index (χ1) is 11.7. The van der Waals surface area contributed by atoms with E-state index < -0.39 is 0 Å². The second-order valence-electron chi connectivity index (χ2n) is 6.22. The predicted molar refractivity (Wildman–Crippen MR) is 104 cm³/mol. The Morgan fingerprint density at radius 1 is 1.21 bits per heavy atom. The molecule has 1 aromatic carbocycles. The van der Waals surface area contributed by atoms with Crippen molar-refractivity contribution in [3.8, 4) is 0 Å². The largest absolute Gasteiger partial charge is 0.347 e. The van der Waals surface area contributed by atoms with Crippen LogP contribution in [0.2, 0.25) is 0 Å². The minimum atomic E-state index is 0.921. The number of allylic oxidation sites excluding steroid dienone is 5. The van der Waals surface area contributed by atoms with Crippen LogP contribution < -0.4 is 5.32 Å². The van der Waals surface area contributed by atoms with Crippen LogP contribution in [0.5, 0.6) is 0 Å². The van der Waals surface area contributed by atoms with Crippen LogP contribution in [0, 0.1) is 0 Å². The van der Waals surface area contributed by atoms with Gasteiger partial charge in [-0.2, -0.15) is 0 Å². The third-order valence-electron chi connectivity index (χ3n) is 4.39. The van der Waals surface area contributed by atoms with E-state index in [0.717, 1.165) is 32.5 Å². The molecule has 128 valence electrons. The molecule has 1 heterocycles. The van der Waals surface area contributed by atoms with Crippen molar-refractivity contribution in [3.05, 3.63) is 83.2 Å². The monoisotopic (exact) mass is 322 g/mol. The van der Waals surface area contributed by atoms with E-state index >= 15 is 0 Å². The Labute approximate surface area is 147 Å². The third kappa shape index (κ3) is 5.54. The molecule has 0 amide bonds. The standard InChI is InChI=1S/C22H30N2/c1-4-6-10-20(5-2)14-16-24(18-21-11-8-7-9-12-21)22-13-15-23-17-19(22)3/h4-9,11-12,14,16,23H,10,13,15,17-18H2,1-3H3/b6-4-,16-14+,20-5+. The zero-order valence-corrected chi connectivity index (χ0v) is 15.3. The number of hydrogen-bond donors (Lipinski definition) is 1. The van der Waals surface area contributed by atoms with Gasteiger partial charge in [-0.15, -0.1) is 0 Å². The molecule has 0 radical (unpaired) electrons. The summed E-state index contributed by atoms with van der Waals surface area (Å²) in [6.45, 7) is 9.39. The van der Waals surface area contributed by atoms with Gasteiger partial charge in [0.15, 0.2) is 0 Å². The molecule has 0 atom stereocenters. The Hall–Kier alpha value is -2.06. The summed E-state index contributed by atoms with van der Waals surface area (Å²) in [5.74, 6) is 0. The summed E-state index contributed by atoms with van der Waals surface area (Å²) in [5, 5.41) is 3.46. The normalized spacial score (nSPS) is 16.4. The Morgan fingerprint density at radius 2 is 2.00 bits per heavy atom. The van der Waals surface area contributed by atoms with Gasteiger partial charge in [-0.25, -0.2) is 0 Å². The van der Waals surface area contributed by atoms with E-state index in [4.69, 9.17) is 0 Å². The van der Waals surface area contributed by atoms with Gasteiger partial charge in [0, 0.05) is 38.0 Å². The van der Waals surface area contributed by atoms with E-state index in [2.05, 4.69) is 91.8 Å². The van der Waals surface area contributed by atoms with E-state index in [1.54, 1.807) is 0 Å². The van der Waals surface area contributed by atoms with Crippen LogP contribution in [-0.2, 0) is 6.54 Å². The highest BCUT2D eigenvalue weighted by Crippen LogP contribution is 2.21. The fourth-order valence-corrected chi connectivity index (χ4v) is 2.93. The van der Waals surface area contributed by atoms with Gasteiger partial charge < -0.3 is 10.2 Å². The Morgan fingerprint density at radius 3 is 2.67 bits per heavy atom. The minimum Gasteiger partial charge on any atom is -0.347 e. The van der Waals surface area contributed by atoms with Crippen molar-refractivity contribution >= 4 is 0 Å². The Kier molecular flexibility index (Phi) is 7.57. The molecule has 24 heavy (non-hydrogen) atoms. The van der Waals surface area contributed by atoms with Gasteiger partial charge >= 0.3 is 0 Å². The summed E-state index contributed by atoms with van der Waals surface area (Å²) in [6, 6.07) is 10.7. The number of rotatable bonds is 7. The molecule has 1 aliphatic heterocycles. The average molecular weight is 322 g/mol.